The number of hydrogen-bond donors (Lipinski definition) is 2. The second kappa shape index (κ2) is 9.32. The van der Waals surface area contributed by atoms with E-state index in [0.29, 0.717) is 29.8 Å². The topological polar surface area (TPSA) is 71.2 Å². The highest BCUT2D eigenvalue weighted by Gasteiger charge is 2.06. The smallest absolute Gasteiger partial charge is 0.234 e. The summed E-state index contributed by atoms with van der Waals surface area (Å²) >= 11 is 1.45. The molecule has 0 fully saturated rings. The number of carbonyl (C=O) groups excluding carboxylic acids is 1. The first-order chi connectivity index (χ1) is 11.9. The molecule has 0 radical (unpaired) electrons. The van der Waals surface area contributed by atoms with Gasteiger partial charge < -0.3 is 15.0 Å². The van der Waals surface area contributed by atoms with Gasteiger partial charge in [0, 0.05) is 29.4 Å². The molecule has 1 aromatic carbocycles. The van der Waals surface area contributed by atoms with Gasteiger partial charge in [0.2, 0.25) is 11.3 Å². The minimum atomic E-state index is -0.140. The predicted molar refractivity (Wildman–Crippen MR) is 103 cm³/mol. The fourth-order valence-corrected chi connectivity index (χ4v) is 2.79. The number of aryl methyl sites for hydroxylation is 1. The van der Waals surface area contributed by atoms with Crippen molar-refractivity contribution in [3.63, 3.8) is 0 Å². The summed E-state index contributed by atoms with van der Waals surface area (Å²) < 4.78 is 5.46. The number of hydrogen-bond acceptors (Lipinski definition) is 4. The number of carbonyl (C=O) groups is 1. The number of aromatic nitrogens is 1. The highest BCUT2D eigenvalue weighted by Crippen LogP contribution is 2.13. The van der Waals surface area contributed by atoms with Crippen LogP contribution in [-0.2, 0) is 10.5 Å². The van der Waals surface area contributed by atoms with E-state index < -0.39 is 0 Å². The third-order valence-corrected chi connectivity index (χ3v) is 4.32. The van der Waals surface area contributed by atoms with E-state index >= 15 is 0 Å². The number of nitrogens with one attached hydrogen (secondary N) is 2. The van der Waals surface area contributed by atoms with Gasteiger partial charge in [0.1, 0.15) is 0 Å². The number of benzene rings is 1. The van der Waals surface area contributed by atoms with Crippen LogP contribution in [0.1, 0.15) is 25.1 Å². The standard InChI is InChI=1S/C19H24N2O3S/c1-13(2)10-24-18-9-20-16(8-17(18)22)11-25-12-19(23)21-15-6-4-14(3)5-7-15/h4-9,13H,10-12H2,1-3H3,(H,20,22)(H,21,23). The van der Waals surface area contributed by atoms with Crippen LogP contribution < -0.4 is 15.5 Å². The zero-order valence-electron chi connectivity index (χ0n) is 14.8. The van der Waals surface area contributed by atoms with Crippen molar-refractivity contribution in [1.29, 1.82) is 0 Å². The second-order valence-corrected chi connectivity index (χ2v) is 7.28. The minimum Gasteiger partial charge on any atom is -0.488 e. The molecule has 0 saturated carbocycles. The summed E-state index contributed by atoms with van der Waals surface area (Å²) in [4.78, 5) is 27.0. The number of ether oxygens (including phenoxy) is 1. The van der Waals surface area contributed by atoms with Gasteiger partial charge in [0.15, 0.2) is 5.75 Å². The predicted octanol–water partition coefficient (Wildman–Crippen LogP) is 3.59. The SMILES string of the molecule is Cc1ccc(NC(=O)CSCc2cc(=O)c(OCC(C)C)c[nH]2)cc1. The van der Waals surface area contributed by atoms with E-state index in [1.54, 1.807) is 6.20 Å². The number of pyridine rings is 1. The van der Waals surface area contributed by atoms with Gasteiger partial charge in [-0.15, -0.1) is 11.8 Å². The summed E-state index contributed by atoms with van der Waals surface area (Å²) in [5.41, 5.74) is 2.57. The zero-order valence-corrected chi connectivity index (χ0v) is 15.6. The fraction of sp³-hybridized carbons (Fsp3) is 0.368. The molecule has 2 rings (SSSR count). The van der Waals surface area contributed by atoms with Crippen LogP contribution in [0, 0.1) is 12.8 Å². The van der Waals surface area contributed by atoms with Gasteiger partial charge in [-0.3, -0.25) is 9.59 Å². The lowest BCUT2D eigenvalue weighted by Gasteiger charge is -2.09. The molecule has 0 bridgehead atoms. The number of amides is 1. The summed E-state index contributed by atoms with van der Waals surface area (Å²) in [5.74, 6) is 1.51. The molecule has 1 amide bonds. The molecule has 0 unspecified atom stereocenters. The van der Waals surface area contributed by atoms with E-state index in [2.05, 4.69) is 10.3 Å². The average molecular weight is 360 g/mol. The monoisotopic (exact) mass is 360 g/mol. The Hall–Kier alpha value is -2.21. The Morgan fingerprint density at radius 1 is 1.28 bits per heavy atom. The van der Waals surface area contributed by atoms with E-state index in [-0.39, 0.29) is 11.3 Å². The van der Waals surface area contributed by atoms with Crippen molar-refractivity contribution >= 4 is 23.4 Å². The van der Waals surface area contributed by atoms with Crippen LogP contribution in [-0.4, -0.2) is 23.3 Å². The Morgan fingerprint density at radius 3 is 2.64 bits per heavy atom. The summed E-state index contributed by atoms with van der Waals surface area (Å²) in [6, 6.07) is 9.20. The Morgan fingerprint density at radius 2 is 2.00 bits per heavy atom. The quantitative estimate of drug-likeness (QED) is 0.755. The van der Waals surface area contributed by atoms with E-state index in [1.165, 1.54) is 17.8 Å². The molecule has 5 nitrogen and oxygen atoms in total. The highest BCUT2D eigenvalue weighted by atomic mass is 32.2. The molecule has 2 aromatic rings. The van der Waals surface area contributed by atoms with Gasteiger partial charge in [-0.25, -0.2) is 0 Å². The number of rotatable bonds is 8. The molecule has 2 N–H and O–H groups in total. The molecule has 6 heteroatoms. The first kappa shape index (κ1) is 19.1. The van der Waals surface area contributed by atoms with Crippen LogP contribution in [0.2, 0.25) is 0 Å². The Kier molecular flexibility index (Phi) is 7.13. The van der Waals surface area contributed by atoms with Crippen molar-refractivity contribution in [2.24, 2.45) is 5.92 Å². The Balaban J connectivity index is 1.79. The molecule has 1 heterocycles. The molecular formula is C19H24N2O3S. The Bertz CT molecular complexity index is 754. The summed E-state index contributed by atoms with van der Waals surface area (Å²) in [6.45, 7) is 6.57. The lowest BCUT2D eigenvalue weighted by Crippen LogP contribution is -2.15. The van der Waals surface area contributed by atoms with Crippen molar-refractivity contribution < 1.29 is 9.53 Å². The fourth-order valence-electron chi connectivity index (χ4n) is 2.04. The molecule has 0 spiro atoms. The van der Waals surface area contributed by atoms with Gasteiger partial charge in [-0.05, 0) is 25.0 Å². The molecule has 134 valence electrons. The molecule has 0 aliphatic carbocycles. The maximum Gasteiger partial charge on any atom is 0.234 e. The molecule has 0 atom stereocenters. The normalized spacial score (nSPS) is 10.7. The van der Waals surface area contributed by atoms with Crippen molar-refractivity contribution in [1.82, 2.24) is 4.98 Å². The van der Waals surface area contributed by atoms with Crippen LogP contribution in [0.3, 0.4) is 0 Å². The highest BCUT2D eigenvalue weighted by molar-refractivity contribution is 7.99. The maximum absolute atomic E-state index is 12.0. The average Bonchev–Trinajstić information content (AvgIpc) is 2.56. The van der Waals surface area contributed by atoms with Gasteiger partial charge in [-0.2, -0.15) is 0 Å². The van der Waals surface area contributed by atoms with Gasteiger partial charge in [0.05, 0.1) is 12.4 Å². The number of aromatic amines is 1. The first-order valence-corrected chi connectivity index (χ1v) is 9.38. The van der Waals surface area contributed by atoms with Gasteiger partial charge in [-0.1, -0.05) is 31.5 Å². The third-order valence-electron chi connectivity index (χ3n) is 3.34. The van der Waals surface area contributed by atoms with Crippen molar-refractivity contribution in [2.45, 2.75) is 26.5 Å². The van der Waals surface area contributed by atoms with Gasteiger partial charge in [0.25, 0.3) is 0 Å². The van der Waals surface area contributed by atoms with E-state index in [0.717, 1.165) is 16.9 Å². The summed E-state index contributed by atoms with van der Waals surface area (Å²) in [5, 5.41) is 2.85. The molecule has 0 aliphatic heterocycles. The number of anilines is 1. The van der Waals surface area contributed by atoms with Crippen LogP contribution in [0.5, 0.6) is 5.75 Å². The summed E-state index contributed by atoms with van der Waals surface area (Å²) in [7, 11) is 0. The Labute approximate surface area is 152 Å². The van der Waals surface area contributed by atoms with Crippen LogP contribution in [0.25, 0.3) is 0 Å². The van der Waals surface area contributed by atoms with Crippen molar-refractivity contribution in [2.75, 3.05) is 17.7 Å². The zero-order chi connectivity index (χ0) is 18.2. The van der Waals surface area contributed by atoms with E-state index in [9.17, 15) is 9.59 Å². The number of thioether (sulfide) groups is 1. The van der Waals surface area contributed by atoms with Crippen molar-refractivity contribution in [3.05, 3.63) is 58.0 Å². The number of H-pyrrole nitrogens is 1. The third kappa shape index (κ3) is 6.66. The molecule has 25 heavy (non-hydrogen) atoms. The lowest BCUT2D eigenvalue weighted by atomic mass is 10.2. The second-order valence-electron chi connectivity index (χ2n) is 6.30. The summed E-state index contributed by atoms with van der Waals surface area (Å²) in [6.07, 6.45) is 1.59. The molecule has 0 aliphatic rings. The molecule has 1 aromatic heterocycles. The first-order valence-electron chi connectivity index (χ1n) is 8.22. The molecule has 0 saturated heterocycles. The lowest BCUT2D eigenvalue weighted by molar-refractivity contribution is -0.113. The maximum atomic E-state index is 12.0. The molecular weight excluding hydrogens is 336 g/mol. The minimum absolute atomic E-state index is 0.0620. The van der Waals surface area contributed by atoms with Crippen molar-refractivity contribution in [3.8, 4) is 5.75 Å². The van der Waals surface area contributed by atoms with Crippen LogP contribution >= 0.6 is 11.8 Å². The van der Waals surface area contributed by atoms with Crippen LogP contribution in [0.15, 0.2) is 41.3 Å². The van der Waals surface area contributed by atoms with E-state index in [4.69, 9.17) is 4.74 Å². The van der Waals surface area contributed by atoms with Crippen LogP contribution in [0.4, 0.5) is 5.69 Å². The largest absolute Gasteiger partial charge is 0.488 e. The van der Waals surface area contributed by atoms with E-state index in [1.807, 2.05) is 45.0 Å². The van der Waals surface area contributed by atoms with Gasteiger partial charge >= 0.3 is 0 Å².